The van der Waals surface area contributed by atoms with Gasteiger partial charge in [0.1, 0.15) is 17.1 Å². The molecule has 0 unspecified atom stereocenters. The summed E-state index contributed by atoms with van der Waals surface area (Å²) >= 11 is 0. The van der Waals surface area contributed by atoms with E-state index >= 15 is 0 Å². The molecule has 1 aliphatic rings. The fourth-order valence-corrected chi connectivity index (χ4v) is 4.94. The lowest BCUT2D eigenvalue weighted by atomic mass is 9.93. The van der Waals surface area contributed by atoms with Gasteiger partial charge in [-0.1, -0.05) is 0 Å². The van der Waals surface area contributed by atoms with Crippen molar-refractivity contribution in [2.24, 2.45) is 7.05 Å². The summed E-state index contributed by atoms with van der Waals surface area (Å²) in [6, 6.07) is 4.24. The number of ether oxygens (including phenoxy) is 1. The van der Waals surface area contributed by atoms with E-state index < -0.39 is 17.4 Å². The molecule has 10 nitrogen and oxygen atoms in total. The molecule has 4 aromatic rings. The zero-order valence-corrected chi connectivity index (χ0v) is 22.2. The first kappa shape index (κ1) is 26.5. The molecule has 0 radical (unpaired) electrons. The van der Waals surface area contributed by atoms with Gasteiger partial charge in [0.2, 0.25) is 5.69 Å². The van der Waals surface area contributed by atoms with Gasteiger partial charge < -0.3 is 10.1 Å². The van der Waals surface area contributed by atoms with Crippen LogP contribution < -0.4 is 10.1 Å². The second-order valence-electron chi connectivity index (χ2n) is 10.3. The minimum absolute atomic E-state index is 0.0274. The van der Waals surface area contributed by atoms with Crippen LogP contribution in [0.3, 0.4) is 0 Å². The quantitative estimate of drug-likeness (QED) is 0.338. The van der Waals surface area contributed by atoms with Crippen molar-refractivity contribution in [3.05, 3.63) is 36.5 Å². The Kier molecular flexibility index (Phi) is 6.74. The zero-order valence-electron chi connectivity index (χ0n) is 22.2. The van der Waals surface area contributed by atoms with Crippen molar-refractivity contribution in [1.29, 1.82) is 5.26 Å². The van der Waals surface area contributed by atoms with Crippen LogP contribution in [0, 0.1) is 11.3 Å². The summed E-state index contributed by atoms with van der Waals surface area (Å²) in [6.07, 6.45) is 4.15. The minimum Gasteiger partial charge on any atom is -0.486 e. The Hall–Kier alpha value is -4.08. The first-order valence-electron chi connectivity index (χ1n) is 12.9. The van der Waals surface area contributed by atoms with Crippen LogP contribution in [0.1, 0.15) is 58.2 Å². The van der Waals surface area contributed by atoms with Gasteiger partial charge in [0.05, 0.1) is 36.1 Å². The number of aryl methyl sites for hydroxylation is 1. The molecule has 1 aliphatic carbocycles. The number of pyridine rings is 1. The van der Waals surface area contributed by atoms with Gasteiger partial charge in [0, 0.05) is 43.0 Å². The Labute approximate surface area is 223 Å². The molecule has 0 aliphatic heterocycles. The molecule has 1 saturated carbocycles. The van der Waals surface area contributed by atoms with E-state index in [-0.39, 0.29) is 17.9 Å². The lowest BCUT2D eigenvalue weighted by molar-refractivity contribution is -0.143. The Balaban J connectivity index is 1.42. The first-order valence-corrected chi connectivity index (χ1v) is 12.9. The molecule has 206 valence electrons. The van der Waals surface area contributed by atoms with Crippen LogP contribution in [-0.4, -0.2) is 47.0 Å². The summed E-state index contributed by atoms with van der Waals surface area (Å²) in [6.45, 7) is 6.28. The molecular formula is C26H30F3N9O. The van der Waals surface area contributed by atoms with Gasteiger partial charge in [-0.3, -0.25) is 14.0 Å². The molecule has 1 fully saturated rings. The summed E-state index contributed by atoms with van der Waals surface area (Å²) in [7, 11) is 1.45. The number of hydrogen-bond donors (Lipinski definition) is 1. The molecule has 0 aromatic carbocycles. The summed E-state index contributed by atoms with van der Waals surface area (Å²) in [4.78, 5) is 4.54. The third-order valence-electron chi connectivity index (χ3n) is 7.00. The Morgan fingerprint density at radius 1 is 1.13 bits per heavy atom. The van der Waals surface area contributed by atoms with Crippen LogP contribution in [0.5, 0.6) is 5.75 Å². The lowest BCUT2D eigenvalue weighted by Gasteiger charge is -2.29. The van der Waals surface area contributed by atoms with Gasteiger partial charge in [0.25, 0.3) is 0 Å². The van der Waals surface area contributed by atoms with Crippen molar-refractivity contribution in [3.8, 4) is 23.1 Å². The topological polar surface area (TPSA) is 111 Å². The largest absolute Gasteiger partial charge is 0.486 e. The average Bonchev–Trinajstić information content (AvgIpc) is 3.62. The highest BCUT2D eigenvalue weighted by molar-refractivity contribution is 5.93. The van der Waals surface area contributed by atoms with E-state index in [1.165, 1.54) is 13.2 Å². The third-order valence-corrected chi connectivity index (χ3v) is 7.00. The predicted molar refractivity (Wildman–Crippen MR) is 138 cm³/mol. The van der Waals surface area contributed by atoms with E-state index in [4.69, 9.17) is 9.84 Å². The lowest BCUT2D eigenvalue weighted by Crippen LogP contribution is -2.27. The van der Waals surface area contributed by atoms with Gasteiger partial charge in [-0.05, 0) is 46.5 Å². The SMILES string of the molecule is CCNc1cc2c(cn1)c(-c1cnn(C(C)(C)C#N)c1)nn2C1CCC(Oc2cn(C)nc2C(F)(F)F)CC1. The van der Waals surface area contributed by atoms with Crippen LogP contribution in [0.4, 0.5) is 19.0 Å². The number of aromatic nitrogens is 7. The van der Waals surface area contributed by atoms with E-state index in [0.717, 1.165) is 27.0 Å². The number of nitriles is 1. The number of anilines is 1. The highest BCUT2D eigenvalue weighted by Gasteiger charge is 2.39. The fraction of sp³-hybridized carbons (Fsp3) is 0.500. The molecule has 4 aromatic heterocycles. The Bertz CT molecular complexity index is 1520. The Morgan fingerprint density at radius 3 is 2.54 bits per heavy atom. The molecule has 0 spiro atoms. The number of halogens is 3. The van der Waals surface area contributed by atoms with Gasteiger partial charge in [-0.2, -0.15) is 33.7 Å². The molecule has 0 saturated heterocycles. The van der Waals surface area contributed by atoms with Gasteiger partial charge in [0.15, 0.2) is 5.75 Å². The summed E-state index contributed by atoms with van der Waals surface area (Å²) in [5.74, 6) is 0.492. The van der Waals surface area contributed by atoms with Crippen LogP contribution in [0.15, 0.2) is 30.9 Å². The van der Waals surface area contributed by atoms with E-state index in [2.05, 4.69) is 26.6 Å². The van der Waals surface area contributed by atoms with E-state index in [1.54, 1.807) is 30.9 Å². The molecule has 0 amide bonds. The van der Waals surface area contributed by atoms with Crippen LogP contribution in [0.25, 0.3) is 22.2 Å². The summed E-state index contributed by atoms with van der Waals surface area (Å²) < 4.78 is 50.6. The molecule has 0 bridgehead atoms. The van der Waals surface area contributed by atoms with Crippen LogP contribution in [0.2, 0.25) is 0 Å². The second kappa shape index (κ2) is 9.91. The van der Waals surface area contributed by atoms with E-state index in [9.17, 15) is 18.4 Å². The highest BCUT2D eigenvalue weighted by atomic mass is 19.4. The number of rotatable bonds is 7. The number of hydrogen-bond acceptors (Lipinski definition) is 7. The molecule has 39 heavy (non-hydrogen) atoms. The standard InChI is InChI=1S/C26H30F3N9O/c1-5-31-22-10-20-19(12-32-22)23(16-11-33-37(13-16)25(2,3)15-30)34-38(20)17-6-8-18(9-7-17)39-21-14-36(4)35-24(21)26(27,28)29/h10-14,17-18H,5-9H2,1-4H3,(H,31,32). The van der Waals surface area contributed by atoms with Crippen molar-refractivity contribution in [2.45, 2.75) is 70.3 Å². The molecular weight excluding hydrogens is 511 g/mol. The molecule has 5 rings (SSSR count). The number of nitrogens with one attached hydrogen (secondary N) is 1. The smallest absolute Gasteiger partial charge is 0.438 e. The fourth-order valence-electron chi connectivity index (χ4n) is 4.94. The number of fused-ring (bicyclic) bond motifs is 1. The van der Waals surface area contributed by atoms with Crippen molar-refractivity contribution in [2.75, 3.05) is 11.9 Å². The highest BCUT2D eigenvalue weighted by Crippen LogP contribution is 2.39. The van der Waals surface area contributed by atoms with Gasteiger partial charge in [-0.15, -0.1) is 0 Å². The predicted octanol–water partition coefficient (Wildman–Crippen LogP) is 5.30. The average molecular weight is 542 g/mol. The van der Waals surface area contributed by atoms with E-state index in [1.807, 2.05) is 23.9 Å². The van der Waals surface area contributed by atoms with Crippen LogP contribution >= 0.6 is 0 Å². The molecule has 13 heteroatoms. The summed E-state index contributed by atoms with van der Waals surface area (Å²) in [5, 5.41) is 26.5. The first-order chi connectivity index (χ1) is 18.5. The third kappa shape index (κ3) is 5.15. The van der Waals surface area contributed by atoms with E-state index in [0.29, 0.717) is 37.9 Å². The minimum atomic E-state index is -4.58. The maximum Gasteiger partial charge on any atom is 0.438 e. The molecule has 1 N–H and O–H groups in total. The second-order valence-corrected chi connectivity index (χ2v) is 10.3. The maximum absolute atomic E-state index is 13.4. The number of alkyl halides is 3. The zero-order chi connectivity index (χ0) is 27.9. The van der Waals surface area contributed by atoms with Gasteiger partial charge in [-0.25, -0.2) is 4.98 Å². The summed E-state index contributed by atoms with van der Waals surface area (Å²) in [5.41, 5.74) is 0.571. The van der Waals surface area contributed by atoms with Crippen molar-refractivity contribution in [1.82, 2.24) is 34.3 Å². The maximum atomic E-state index is 13.4. The Morgan fingerprint density at radius 2 is 1.87 bits per heavy atom. The van der Waals surface area contributed by atoms with Gasteiger partial charge >= 0.3 is 6.18 Å². The molecule has 4 heterocycles. The molecule has 0 atom stereocenters. The normalized spacial score (nSPS) is 18.3. The van der Waals surface area contributed by atoms with Crippen LogP contribution in [-0.2, 0) is 18.8 Å². The van der Waals surface area contributed by atoms with Crippen molar-refractivity contribution in [3.63, 3.8) is 0 Å². The van der Waals surface area contributed by atoms with Crippen molar-refractivity contribution >= 4 is 16.7 Å². The monoisotopic (exact) mass is 541 g/mol. The van der Waals surface area contributed by atoms with Crippen molar-refractivity contribution < 1.29 is 17.9 Å². The number of nitrogens with zero attached hydrogens (tertiary/aromatic N) is 8.